The van der Waals surface area contributed by atoms with Crippen molar-refractivity contribution in [2.75, 3.05) is 0 Å². The molecule has 6 heteroatoms. The van der Waals surface area contributed by atoms with Crippen LogP contribution in [0.25, 0.3) is 0 Å². The molecular formula is H5BK2O3. The van der Waals surface area contributed by atoms with Gasteiger partial charge in [0.1, 0.15) is 0 Å². The Morgan fingerprint density at radius 3 is 1.00 bits per heavy atom. The van der Waals surface area contributed by atoms with Gasteiger partial charge in [-0.25, -0.2) is 0 Å². The summed E-state index contributed by atoms with van der Waals surface area (Å²) in [6.07, 6.45) is 0. The minimum Gasteiger partial charge on any atom is -1.00 e. The molecule has 0 aliphatic carbocycles. The topological polar surface area (TPSA) is 60.7 Å². The van der Waals surface area contributed by atoms with Crippen molar-refractivity contribution in [2.24, 2.45) is 0 Å². The van der Waals surface area contributed by atoms with Gasteiger partial charge in [-0.2, -0.15) is 0 Å². The third-order valence-corrected chi connectivity index (χ3v) is 0. The molecule has 0 fully saturated rings. The zero-order chi connectivity index (χ0) is 3.58. The van der Waals surface area contributed by atoms with Gasteiger partial charge in [0.25, 0.3) is 0 Å². The van der Waals surface area contributed by atoms with Crippen LogP contribution in [0.15, 0.2) is 0 Å². The van der Waals surface area contributed by atoms with E-state index in [9.17, 15) is 0 Å². The summed E-state index contributed by atoms with van der Waals surface area (Å²) >= 11 is 0. The molecule has 0 aromatic heterocycles. The molecule has 0 rings (SSSR count). The molecule has 0 amide bonds. The molecule has 0 unspecified atom stereocenters. The van der Waals surface area contributed by atoms with Gasteiger partial charge in [0.15, 0.2) is 0 Å². The first-order valence-electron chi connectivity index (χ1n) is 0.775. The van der Waals surface area contributed by atoms with Crippen molar-refractivity contribution in [3.8, 4) is 0 Å². The van der Waals surface area contributed by atoms with Gasteiger partial charge in [0.2, 0.25) is 0 Å². The summed E-state index contributed by atoms with van der Waals surface area (Å²) in [5, 5.41) is 21.5. The number of hydrogen-bond donors (Lipinski definition) is 3. The van der Waals surface area contributed by atoms with Crippen molar-refractivity contribution in [2.45, 2.75) is 0 Å². The van der Waals surface area contributed by atoms with Crippen LogP contribution in [0.5, 0.6) is 0 Å². The molecule has 6 heavy (non-hydrogen) atoms. The molecule has 0 radical (unpaired) electrons. The minimum atomic E-state index is -2.17. The second-order valence-electron chi connectivity index (χ2n) is 0.346. The van der Waals surface area contributed by atoms with Crippen molar-refractivity contribution in [3.05, 3.63) is 0 Å². The summed E-state index contributed by atoms with van der Waals surface area (Å²) in [7, 11) is -2.17. The standard InChI is InChI=1S/BH3O3.2K.2H/c2-1(3)4;;;;/h2-4H;;;;/q;2*+1;2*-1. The first kappa shape index (κ1) is 16.1. The van der Waals surface area contributed by atoms with Gasteiger partial charge in [-0.3, -0.25) is 0 Å². The van der Waals surface area contributed by atoms with Crippen LogP contribution in [0.1, 0.15) is 2.85 Å². The van der Waals surface area contributed by atoms with Gasteiger partial charge in [-0.15, -0.1) is 0 Å². The molecule has 0 heterocycles. The third-order valence-electron chi connectivity index (χ3n) is 0. The Morgan fingerprint density at radius 1 is 1.00 bits per heavy atom. The Kier molecular flexibility index (Phi) is 29.7. The fourth-order valence-electron chi connectivity index (χ4n) is 0. The van der Waals surface area contributed by atoms with E-state index < -0.39 is 7.32 Å². The molecule has 3 nitrogen and oxygen atoms in total. The third kappa shape index (κ3) is 27.0. The smallest absolute Gasteiger partial charge is 1.00 e. The zero-order valence-electron chi connectivity index (χ0n) is 5.92. The van der Waals surface area contributed by atoms with E-state index >= 15 is 0 Å². The fraction of sp³-hybridized carbons (Fsp3) is 0. The van der Waals surface area contributed by atoms with Gasteiger partial charge in [0, 0.05) is 0 Å². The van der Waals surface area contributed by atoms with Gasteiger partial charge in [-0.05, 0) is 0 Å². The van der Waals surface area contributed by atoms with E-state index in [4.69, 9.17) is 15.1 Å². The molecule has 0 atom stereocenters. The Bertz CT molecular complexity index is 20.0. The van der Waals surface area contributed by atoms with Gasteiger partial charge in [-0.1, -0.05) is 0 Å². The minimum absolute atomic E-state index is 0. The van der Waals surface area contributed by atoms with Crippen LogP contribution in [-0.2, 0) is 0 Å². The molecule has 0 bridgehead atoms. The molecule has 0 aromatic carbocycles. The molecular weight excluding hydrogens is 137 g/mol. The van der Waals surface area contributed by atoms with Crippen LogP contribution in [0.4, 0.5) is 0 Å². The van der Waals surface area contributed by atoms with Crippen molar-refractivity contribution < 1.29 is 121 Å². The summed E-state index contributed by atoms with van der Waals surface area (Å²) in [5.74, 6) is 0. The van der Waals surface area contributed by atoms with Crippen LogP contribution in [0.2, 0.25) is 0 Å². The summed E-state index contributed by atoms with van der Waals surface area (Å²) in [6.45, 7) is 0. The zero-order valence-corrected chi connectivity index (χ0v) is 10.2. The summed E-state index contributed by atoms with van der Waals surface area (Å²) in [5.41, 5.74) is 0. The van der Waals surface area contributed by atoms with Gasteiger partial charge >= 0.3 is 110 Å². The van der Waals surface area contributed by atoms with Crippen molar-refractivity contribution in [3.63, 3.8) is 0 Å². The normalized spacial score (nSPS) is 4.50. The van der Waals surface area contributed by atoms with E-state index in [-0.39, 0.29) is 106 Å². The average Bonchev–Trinajstić information content (AvgIpc) is 0.811. The second-order valence-corrected chi connectivity index (χ2v) is 0.346. The van der Waals surface area contributed by atoms with Crippen LogP contribution in [0.3, 0.4) is 0 Å². The fourth-order valence-corrected chi connectivity index (χ4v) is 0. The van der Waals surface area contributed by atoms with Crippen LogP contribution >= 0.6 is 0 Å². The van der Waals surface area contributed by atoms with Crippen LogP contribution in [-0.4, -0.2) is 22.4 Å². The van der Waals surface area contributed by atoms with E-state index in [1.165, 1.54) is 0 Å². The molecule has 0 aliphatic heterocycles. The van der Waals surface area contributed by atoms with Crippen molar-refractivity contribution in [1.29, 1.82) is 0 Å². The first-order valence-corrected chi connectivity index (χ1v) is 0.775. The molecule has 0 saturated heterocycles. The Balaban J connectivity index is -0.00000000750. The molecule has 0 aromatic rings. The van der Waals surface area contributed by atoms with Gasteiger partial charge < -0.3 is 17.9 Å². The van der Waals surface area contributed by atoms with Crippen LogP contribution in [0, 0.1) is 0 Å². The van der Waals surface area contributed by atoms with E-state index in [0.29, 0.717) is 0 Å². The Labute approximate surface area is 124 Å². The summed E-state index contributed by atoms with van der Waals surface area (Å²) in [4.78, 5) is 0. The Morgan fingerprint density at radius 2 is 1.00 bits per heavy atom. The van der Waals surface area contributed by atoms with Crippen molar-refractivity contribution in [1.82, 2.24) is 0 Å². The maximum Gasteiger partial charge on any atom is 1.00 e. The van der Waals surface area contributed by atoms with Gasteiger partial charge in [0.05, 0.1) is 0 Å². The monoisotopic (exact) mass is 142 g/mol. The SMILES string of the molecule is OB(O)O.[H-].[H-].[K+].[K+]. The number of rotatable bonds is 0. The maximum absolute atomic E-state index is 7.17. The Hall–Kier alpha value is 3.22. The first-order chi connectivity index (χ1) is 1.73. The van der Waals surface area contributed by atoms with E-state index in [0.717, 1.165) is 0 Å². The van der Waals surface area contributed by atoms with Crippen molar-refractivity contribution >= 4 is 7.32 Å². The maximum atomic E-state index is 7.17. The summed E-state index contributed by atoms with van der Waals surface area (Å²) in [6, 6.07) is 0. The predicted molar refractivity (Wildman–Crippen MR) is 14.6 cm³/mol. The molecule has 0 aliphatic rings. The molecule has 0 saturated carbocycles. The molecule has 3 N–H and O–H groups in total. The van der Waals surface area contributed by atoms with E-state index in [1.54, 1.807) is 0 Å². The second kappa shape index (κ2) is 11.1. The van der Waals surface area contributed by atoms with E-state index in [2.05, 4.69) is 0 Å². The largest absolute Gasteiger partial charge is 1.00 e. The predicted octanol–water partition coefficient (Wildman–Crippen LogP) is -7.82. The molecule has 28 valence electrons. The number of hydrogen-bond acceptors (Lipinski definition) is 3. The quantitative estimate of drug-likeness (QED) is 0.294. The average molecular weight is 142 g/mol. The van der Waals surface area contributed by atoms with Crippen LogP contribution < -0.4 is 103 Å². The van der Waals surface area contributed by atoms with E-state index in [1.807, 2.05) is 0 Å². The summed E-state index contributed by atoms with van der Waals surface area (Å²) < 4.78 is 0. The molecule has 0 spiro atoms.